The Bertz CT molecular complexity index is 108. The second-order valence-electron chi connectivity index (χ2n) is 0.428. The van der Waals surface area contributed by atoms with E-state index >= 15 is 0 Å². The molecule has 0 saturated carbocycles. The van der Waals surface area contributed by atoms with Crippen molar-refractivity contribution in [3.63, 3.8) is 0 Å². The molecule has 0 rings (SSSR count). The Hall–Kier alpha value is 0.460. The van der Waals surface area contributed by atoms with Crippen molar-refractivity contribution in [3.8, 4) is 0 Å². The zero-order chi connectivity index (χ0) is 8.50. The standard InChI is InChI=1S/CH2O.Na.H2O4S.H2O2/c1-2;;1-5(2,3)4;1-2/h1H2;;(H2,1,2,3,4);1-2H/q;+1;;/p-1. The molecule has 0 aliphatic rings. The van der Waals surface area contributed by atoms with E-state index in [9.17, 15) is 0 Å². The predicted octanol–water partition coefficient (Wildman–Crippen LogP) is -4.16. The Kier molecular flexibility index (Phi) is 36.4. The van der Waals surface area contributed by atoms with Crippen molar-refractivity contribution < 1.29 is 62.4 Å². The van der Waals surface area contributed by atoms with Crippen molar-refractivity contribution in [1.29, 1.82) is 0 Å². The molecule has 0 atom stereocenters. The van der Waals surface area contributed by atoms with Crippen LogP contribution in [0.1, 0.15) is 0 Å². The van der Waals surface area contributed by atoms with Gasteiger partial charge in [0.25, 0.3) is 0 Å². The van der Waals surface area contributed by atoms with E-state index in [1.165, 1.54) is 0 Å². The molecule has 0 fully saturated rings. The summed E-state index contributed by atoms with van der Waals surface area (Å²) < 4.78 is 32.8. The van der Waals surface area contributed by atoms with E-state index in [2.05, 4.69) is 0 Å². The van der Waals surface area contributed by atoms with Crippen LogP contribution in [0.4, 0.5) is 0 Å². The summed E-state index contributed by atoms with van der Waals surface area (Å²) in [7, 11) is -4.92. The van der Waals surface area contributed by atoms with E-state index in [4.69, 9.17) is 32.8 Å². The molecule has 0 aliphatic heterocycles. The van der Waals surface area contributed by atoms with Gasteiger partial charge in [-0.25, -0.2) is 8.42 Å². The first-order valence-corrected chi connectivity index (χ1v) is 2.54. The van der Waals surface area contributed by atoms with E-state index in [0.717, 1.165) is 0 Å². The molecule has 3 N–H and O–H groups in total. The normalized spacial score (nSPS) is 6.80. The fraction of sp³-hybridized carbons (Fsp3) is 0. The monoisotopic (exact) mass is 184 g/mol. The first kappa shape index (κ1) is 22.4. The number of carbonyl (C=O) groups is 1. The molecule has 0 spiro atoms. The Morgan fingerprint density at radius 1 is 1.20 bits per heavy atom. The number of rotatable bonds is 0. The molecule has 0 aromatic heterocycles. The molecule has 0 radical (unpaired) electrons. The van der Waals surface area contributed by atoms with E-state index in [-0.39, 0.29) is 29.6 Å². The van der Waals surface area contributed by atoms with Crippen LogP contribution >= 0.6 is 0 Å². The maximum Gasteiger partial charge on any atom is 1.00 e. The minimum absolute atomic E-state index is 0. The number of carbonyl (C=O) groups excluding carboxylic acids is 1. The minimum Gasteiger partial charge on any atom is -0.726 e. The van der Waals surface area contributed by atoms with E-state index in [1.54, 1.807) is 0 Å². The van der Waals surface area contributed by atoms with Crippen molar-refractivity contribution >= 4 is 17.2 Å². The minimum atomic E-state index is -4.92. The fourth-order valence-electron chi connectivity index (χ4n) is 0. The van der Waals surface area contributed by atoms with Gasteiger partial charge in [0.1, 0.15) is 6.79 Å². The van der Waals surface area contributed by atoms with Gasteiger partial charge in [0.05, 0.1) is 0 Å². The second-order valence-corrected chi connectivity index (χ2v) is 1.28. The quantitative estimate of drug-likeness (QED) is 0.114. The van der Waals surface area contributed by atoms with Gasteiger partial charge in [-0.2, -0.15) is 0 Å². The third-order valence-corrected chi connectivity index (χ3v) is 0. The topological polar surface area (TPSA) is 135 Å². The van der Waals surface area contributed by atoms with Crippen LogP contribution in [0, 0.1) is 0 Å². The second kappa shape index (κ2) is 16.2. The summed E-state index contributed by atoms with van der Waals surface area (Å²) in [6.45, 7) is 2.00. The van der Waals surface area contributed by atoms with Gasteiger partial charge in [0, 0.05) is 0 Å². The van der Waals surface area contributed by atoms with Crippen LogP contribution in [0.5, 0.6) is 0 Å². The maximum atomic E-state index is 8.63. The molecule has 0 saturated heterocycles. The van der Waals surface area contributed by atoms with Crippen LogP contribution in [0.15, 0.2) is 0 Å². The summed E-state index contributed by atoms with van der Waals surface area (Å²) in [5.74, 6) is 0. The van der Waals surface area contributed by atoms with Crippen LogP contribution in [-0.4, -0.2) is 34.8 Å². The van der Waals surface area contributed by atoms with Gasteiger partial charge < -0.3 is 9.35 Å². The van der Waals surface area contributed by atoms with Gasteiger partial charge in [-0.15, -0.1) is 0 Å². The van der Waals surface area contributed by atoms with E-state index < -0.39 is 10.4 Å². The van der Waals surface area contributed by atoms with E-state index in [0.29, 0.717) is 0 Å². The summed E-state index contributed by atoms with van der Waals surface area (Å²) in [6.07, 6.45) is 0. The van der Waals surface area contributed by atoms with Crippen LogP contribution < -0.4 is 29.6 Å². The fourth-order valence-corrected chi connectivity index (χ4v) is 0. The van der Waals surface area contributed by atoms with Gasteiger partial charge >= 0.3 is 29.6 Å². The molecule has 10 heavy (non-hydrogen) atoms. The summed E-state index contributed by atoms with van der Waals surface area (Å²) in [6, 6.07) is 0. The molecule has 58 valence electrons. The average Bonchev–Trinajstić information content (AvgIpc) is 1.72. The Morgan fingerprint density at radius 3 is 1.20 bits per heavy atom. The number of hydrogen-bond donors (Lipinski definition) is 3. The Labute approximate surface area is 79.5 Å². The molecule has 0 heterocycles. The molecule has 0 aromatic carbocycles. The van der Waals surface area contributed by atoms with Gasteiger partial charge in [0.15, 0.2) is 0 Å². The van der Waals surface area contributed by atoms with Crippen molar-refractivity contribution in [2.24, 2.45) is 0 Å². The maximum absolute atomic E-state index is 8.63. The molecule has 9 heteroatoms. The molecular formula is CH5NaO7S. The van der Waals surface area contributed by atoms with Gasteiger partial charge in [-0.1, -0.05) is 0 Å². The smallest absolute Gasteiger partial charge is 0.726 e. The predicted molar refractivity (Wildman–Crippen MR) is 24.7 cm³/mol. The summed E-state index contributed by atoms with van der Waals surface area (Å²) >= 11 is 0. The zero-order valence-electron chi connectivity index (χ0n) is 5.09. The molecular weight excluding hydrogens is 179 g/mol. The summed E-state index contributed by atoms with van der Waals surface area (Å²) in [4.78, 5) is 8.00. The molecule has 0 aliphatic carbocycles. The van der Waals surface area contributed by atoms with Crippen molar-refractivity contribution in [3.05, 3.63) is 0 Å². The van der Waals surface area contributed by atoms with Crippen molar-refractivity contribution in [2.45, 2.75) is 0 Å². The van der Waals surface area contributed by atoms with Crippen LogP contribution in [0.3, 0.4) is 0 Å². The first-order valence-electron chi connectivity index (χ1n) is 1.17. The summed E-state index contributed by atoms with van der Waals surface area (Å²) in [5, 5.41) is 12.0. The van der Waals surface area contributed by atoms with Crippen LogP contribution in [-0.2, 0) is 15.2 Å². The van der Waals surface area contributed by atoms with Gasteiger partial charge in [0.2, 0.25) is 10.4 Å². The van der Waals surface area contributed by atoms with Gasteiger partial charge in [-0.3, -0.25) is 15.1 Å². The Morgan fingerprint density at radius 2 is 1.20 bits per heavy atom. The van der Waals surface area contributed by atoms with Gasteiger partial charge in [-0.05, 0) is 0 Å². The van der Waals surface area contributed by atoms with Crippen LogP contribution in [0.25, 0.3) is 0 Å². The third-order valence-electron chi connectivity index (χ3n) is 0. The zero-order valence-corrected chi connectivity index (χ0v) is 7.91. The van der Waals surface area contributed by atoms with Crippen LogP contribution in [0.2, 0.25) is 0 Å². The molecule has 0 bridgehead atoms. The molecule has 7 nitrogen and oxygen atoms in total. The first-order chi connectivity index (χ1) is 4.00. The number of hydrogen-bond acceptors (Lipinski definition) is 6. The third kappa shape index (κ3) is 2230. The van der Waals surface area contributed by atoms with Crippen molar-refractivity contribution in [2.75, 3.05) is 0 Å². The molecule has 0 amide bonds. The SMILES string of the molecule is C=O.O=S(=O)([O-])O.OO.[Na+]. The largest absolute Gasteiger partial charge is 1.00 e. The molecule has 0 unspecified atom stereocenters. The Balaban J connectivity index is -0.0000000315. The van der Waals surface area contributed by atoms with Crippen molar-refractivity contribution in [1.82, 2.24) is 0 Å². The van der Waals surface area contributed by atoms with E-state index in [1.807, 2.05) is 6.79 Å². The molecule has 0 aromatic rings. The summed E-state index contributed by atoms with van der Waals surface area (Å²) in [5.41, 5.74) is 0. The average molecular weight is 184 g/mol.